The number of benzene rings is 2. The van der Waals surface area contributed by atoms with Crippen LogP contribution in [0.25, 0.3) is 22.3 Å². The van der Waals surface area contributed by atoms with Gasteiger partial charge in [-0.15, -0.1) is 0 Å². The molecule has 1 heterocycles. The fraction of sp³-hybridized carbons (Fsp3) is 0.0667. The zero-order chi connectivity index (χ0) is 14.3. The molecule has 3 rings (SSSR count). The quantitative estimate of drug-likeness (QED) is 0.566. The lowest BCUT2D eigenvalue weighted by Crippen LogP contribution is -1.95. The summed E-state index contributed by atoms with van der Waals surface area (Å²) in [6, 6.07) is 10.1. The number of hydrogen-bond donors (Lipinski definition) is 0. The predicted octanol–water partition coefficient (Wildman–Crippen LogP) is 5.16. The van der Waals surface area contributed by atoms with Crippen LogP contribution in [0.15, 0.2) is 40.9 Å². The largest absolute Gasteiger partial charge is 0.227 e. The van der Waals surface area contributed by atoms with Crippen LogP contribution in [-0.2, 0) is 0 Å². The van der Waals surface area contributed by atoms with Crippen molar-refractivity contribution in [2.75, 3.05) is 0 Å². The van der Waals surface area contributed by atoms with Gasteiger partial charge in [-0.3, -0.25) is 0 Å². The molecule has 0 aliphatic heterocycles. The molecular weight excluding hydrogens is 343 g/mol. The van der Waals surface area contributed by atoms with E-state index in [0.717, 1.165) is 15.4 Å². The zero-order valence-corrected chi connectivity index (χ0v) is 12.8. The van der Waals surface area contributed by atoms with Gasteiger partial charge in [0.15, 0.2) is 5.82 Å². The van der Waals surface area contributed by atoms with E-state index in [4.69, 9.17) is 11.6 Å². The molecule has 5 heteroatoms. The normalized spacial score (nSPS) is 11.0. The second kappa shape index (κ2) is 5.11. The van der Waals surface area contributed by atoms with Crippen LogP contribution in [-0.4, -0.2) is 9.97 Å². The monoisotopic (exact) mass is 350 g/mol. The minimum absolute atomic E-state index is 0.322. The Morgan fingerprint density at radius 1 is 1.15 bits per heavy atom. The van der Waals surface area contributed by atoms with E-state index in [-0.39, 0.29) is 5.82 Å². The maximum absolute atomic E-state index is 13.4. The first-order chi connectivity index (χ1) is 9.56. The van der Waals surface area contributed by atoms with Crippen molar-refractivity contribution >= 4 is 38.4 Å². The second-order valence-corrected chi connectivity index (χ2v) is 5.65. The van der Waals surface area contributed by atoms with Crippen LogP contribution in [0.4, 0.5) is 4.39 Å². The highest BCUT2D eigenvalue weighted by molar-refractivity contribution is 9.10. The Kier molecular flexibility index (Phi) is 3.44. The van der Waals surface area contributed by atoms with Crippen molar-refractivity contribution < 1.29 is 4.39 Å². The summed E-state index contributed by atoms with van der Waals surface area (Å²) in [4.78, 5) is 8.78. The van der Waals surface area contributed by atoms with Crippen LogP contribution >= 0.6 is 27.5 Å². The number of halogens is 3. The Bertz CT molecular complexity index is 820. The van der Waals surface area contributed by atoms with Gasteiger partial charge in [0.2, 0.25) is 0 Å². The molecule has 0 unspecified atom stereocenters. The number of nitrogens with zero attached hydrogens (tertiary/aromatic N) is 2. The van der Waals surface area contributed by atoms with Gasteiger partial charge in [-0.2, -0.15) is 0 Å². The molecule has 0 spiro atoms. The van der Waals surface area contributed by atoms with Crippen LogP contribution < -0.4 is 0 Å². The van der Waals surface area contributed by atoms with E-state index in [9.17, 15) is 4.39 Å². The molecule has 0 bridgehead atoms. The minimum Gasteiger partial charge on any atom is -0.227 e. The Hall–Kier alpha value is -1.52. The third kappa shape index (κ3) is 2.30. The van der Waals surface area contributed by atoms with Crippen molar-refractivity contribution in [2.24, 2.45) is 0 Å². The average Bonchev–Trinajstić information content (AvgIpc) is 2.42. The lowest BCUT2D eigenvalue weighted by atomic mass is 10.1. The van der Waals surface area contributed by atoms with E-state index in [1.165, 1.54) is 12.1 Å². The highest BCUT2D eigenvalue weighted by Crippen LogP contribution is 2.30. The van der Waals surface area contributed by atoms with E-state index in [2.05, 4.69) is 25.9 Å². The van der Waals surface area contributed by atoms with Crippen LogP contribution in [0.2, 0.25) is 5.15 Å². The molecule has 0 saturated heterocycles. The standard InChI is InChI=1S/C15H9BrClFN2/c1-8-5-6-9(18)7-11(8)15-19-13-10(14(17)20-15)3-2-4-12(13)16/h2-7H,1H3. The molecule has 1 aromatic heterocycles. The molecule has 2 aromatic carbocycles. The molecule has 3 aromatic rings. The van der Waals surface area contributed by atoms with Crippen LogP contribution in [0.5, 0.6) is 0 Å². The number of fused-ring (bicyclic) bond motifs is 1. The number of hydrogen-bond acceptors (Lipinski definition) is 2. The van der Waals surface area contributed by atoms with Crippen molar-refractivity contribution in [1.82, 2.24) is 9.97 Å². The van der Waals surface area contributed by atoms with Crippen LogP contribution in [0, 0.1) is 12.7 Å². The number of para-hydroxylation sites is 1. The summed E-state index contributed by atoms with van der Waals surface area (Å²) >= 11 is 9.66. The van der Waals surface area contributed by atoms with Crippen molar-refractivity contribution in [3.63, 3.8) is 0 Å². The smallest absolute Gasteiger partial charge is 0.161 e. The number of rotatable bonds is 1. The van der Waals surface area contributed by atoms with E-state index >= 15 is 0 Å². The third-order valence-electron chi connectivity index (χ3n) is 3.07. The van der Waals surface area contributed by atoms with Gasteiger partial charge in [-0.1, -0.05) is 23.7 Å². The van der Waals surface area contributed by atoms with E-state index < -0.39 is 0 Å². The topological polar surface area (TPSA) is 25.8 Å². The summed E-state index contributed by atoms with van der Waals surface area (Å²) in [5, 5.41) is 1.12. The minimum atomic E-state index is -0.322. The van der Waals surface area contributed by atoms with Gasteiger partial charge in [0.05, 0.1) is 5.52 Å². The fourth-order valence-corrected chi connectivity index (χ4v) is 2.72. The molecule has 2 nitrogen and oxygen atoms in total. The lowest BCUT2D eigenvalue weighted by Gasteiger charge is -2.08. The molecule has 0 fully saturated rings. The number of aromatic nitrogens is 2. The first-order valence-corrected chi connectivity index (χ1v) is 7.11. The van der Waals surface area contributed by atoms with Crippen molar-refractivity contribution in [2.45, 2.75) is 6.92 Å². The molecule has 0 N–H and O–H groups in total. The Labute approximate surface area is 128 Å². The lowest BCUT2D eigenvalue weighted by molar-refractivity contribution is 0.628. The number of aryl methyl sites for hydroxylation is 1. The Morgan fingerprint density at radius 3 is 2.75 bits per heavy atom. The molecule has 0 aliphatic carbocycles. The first-order valence-electron chi connectivity index (χ1n) is 5.94. The predicted molar refractivity (Wildman–Crippen MR) is 82.4 cm³/mol. The van der Waals surface area contributed by atoms with Gasteiger partial charge in [-0.25, -0.2) is 14.4 Å². The summed E-state index contributed by atoms with van der Waals surface area (Å²) in [5.74, 6) is 0.101. The summed E-state index contributed by atoms with van der Waals surface area (Å²) in [6.07, 6.45) is 0. The van der Waals surface area contributed by atoms with Crippen molar-refractivity contribution in [1.29, 1.82) is 0 Å². The van der Waals surface area contributed by atoms with E-state index in [1.54, 1.807) is 6.07 Å². The summed E-state index contributed by atoms with van der Waals surface area (Å²) in [5.41, 5.74) is 2.25. The van der Waals surface area contributed by atoms with E-state index in [1.807, 2.05) is 25.1 Å². The zero-order valence-electron chi connectivity index (χ0n) is 10.5. The molecule has 100 valence electrons. The molecule has 0 aliphatic rings. The van der Waals surface area contributed by atoms with Gasteiger partial charge >= 0.3 is 0 Å². The summed E-state index contributed by atoms with van der Waals surface area (Å²) in [6.45, 7) is 1.89. The van der Waals surface area contributed by atoms with Crippen molar-refractivity contribution in [3.8, 4) is 11.4 Å². The van der Waals surface area contributed by atoms with Crippen molar-refractivity contribution in [3.05, 3.63) is 57.4 Å². The Morgan fingerprint density at radius 2 is 1.95 bits per heavy atom. The highest BCUT2D eigenvalue weighted by Gasteiger charge is 2.12. The third-order valence-corrected chi connectivity index (χ3v) is 4.00. The van der Waals surface area contributed by atoms with E-state index in [0.29, 0.717) is 22.1 Å². The SMILES string of the molecule is Cc1ccc(F)cc1-c1nc(Cl)c2cccc(Br)c2n1. The van der Waals surface area contributed by atoms with Gasteiger partial charge in [-0.05, 0) is 52.7 Å². The summed E-state index contributed by atoms with van der Waals surface area (Å²) in [7, 11) is 0. The molecular formula is C15H9BrClFN2. The average molecular weight is 352 g/mol. The van der Waals surface area contributed by atoms with Gasteiger partial charge in [0.25, 0.3) is 0 Å². The van der Waals surface area contributed by atoms with Gasteiger partial charge in [0, 0.05) is 15.4 Å². The summed E-state index contributed by atoms with van der Waals surface area (Å²) < 4.78 is 14.3. The Balaban J connectivity index is 2.32. The second-order valence-electron chi connectivity index (χ2n) is 4.43. The maximum Gasteiger partial charge on any atom is 0.161 e. The molecule has 20 heavy (non-hydrogen) atoms. The van der Waals surface area contributed by atoms with Crippen LogP contribution in [0.1, 0.15) is 5.56 Å². The van der Waals surface area contributed by atoms with Gasteiger partial charge < -0.3 is 0 Å². The molecule has 0 amide bonds. The first kappa shape index (κ1) is 13.5. The van der Waals surface area contributed by atoms with Crippen LogP contribution in [0.3, 0.4) is 0 Å². The van der Waals surface area contributed by atoms with Gasteiger partial charge in [0.1, 0.15) is 11.0 Å². The molecule has 0 saturated carbocycles. The maximum atomic E-state index is 13.4. The fourth-order valence-electron chi connectivity index (χ4n) is 2.04. The molecule has 0 radical (unpaired) electrons. The molecule has 0 atom stereocenters. The highest BCUT2D eigenvalue weighted by atomic mass is 79.9.